The van der Waals surface area contributed by atoms with Crippen LogP contribution < -0.4 is 0 Å². The van der Waals surface area contributed by atoms with E-state index in [2.05, 4.69) is 469 Å². The minimum Gasteiger partial charge on any atom is -0.307 e. The Kier molecular flexibility index (Phi) is 20.5. The summed E-state index contributed by atoms with van der Waals surface area (Å²) >= 11 is 0. The summed E-state index contributed by atoms with van der Waals surface area (Å²) in [5.74, 6) is 3.82. The third kappa shape index (κ3) is 14.8. The predicted molar refractivity (Wildman–Crippen MR) is 592 cm³/mol. The molecule has 0 saturated heterocycles. The highest BCUT2D eigenvalue weighted by Crippen LogP contribution is 2.48. The minimum absolute atomic E-state index is 0.380. The van der Waals surface area contributed by atoms with E-state index in [1.165, 1.54) is 16.7 Å². The molecule has 0 spiro atoms. The van der Waals surface area contributed by atoms with Crippen LogP contribution in [-0.4, -0.2) is 58.1 Å². The zero-order valence-corrected chi connectivity index (χ0v) is 79.0. The van der Waals surface area contributed by atoms with Crippen LogP contribution in [0.4, 0.5) is 0 Å². The Morgan fingerprint density at radius 1 is 0.250 bits per heavy atom. The van der Waals surface area contributed by atoms with Gasteiger partial charge in [-0.3, -0.25) is 9.13 Å². The zero-order valence-electron chi connectivity index (χ0n) is 79.0. The molecule has 2 atom stereocenters. The van der Waals surface area contributed by atoms with Gasteiger partial charge in [0.25, 0.3) is 0 Å². The second kappa shape index (κ2) is 35.0. The first-order valence-corrected chi connectivity index (χ1v) is 49.3. The summed E-state index contributed by atoms with van der Waals surface area (Å²) in [6, 6.07) is 158. The number of rotatable bonds is 18. The maximum atomic E-state index is 5.72. The lowest BCUT2D eigenvalue weighted by Crippen LogP contribution is -2.25. The molecule has 17 aromatic carbocycles. The van der Waals surface area contributed by atoms with Gasteiger partial charge < -0.3 is 9.13 Å². The predicted octanol–water partition coefficient (Wildman–Crippen LogP) is 32.9. The molecule has 144 heavy (non-hydrogen) atoms. The lowest BCUT2D eigenvalue weighted by Gasteiger charge is -2.27. The van der Waals surface area contributed by atoms with Gasteiger partial charge in [-0.05, 0) is 183 Å². The third-order valence-corrected chi connectivity index (χ3v) is 28.9. The maximum Gasteiger partial charge on any atom is 0.238 e. The molecule has 27 rings (SSSR count). The van der Waals surface area contributed by atoms with Gasteiger partial charge in [-0.2, -0.15) is 19.9 Å². The van der Waals surface area contributed by atoms with Gasteiger partial charge in [0.15, 0.2) is 17.5 Å². The Labute approximate surface area is 832 Å². The van der Waals surface area contributed by atoms with Crippen molar-refractivity contribution in [1.82, 2.24) is 58.1 Å². The molecule has 2 aliphatic rings. The summed E-state index contributed by atoms with van der Waals surface area (Å²) in [4.78, 5) is 43.9. The fourth-order valence-electron chi connectivity index (χ4n) is 21.8. The van der Waals surface area contributed by atoms with E-state index >= 15 is 0 Å². The van der Waals surface area contributed by atoms with Crippen molar-refractivity contribution in [2.24, 2.45) is 5.92 Å². The molecule has 0 fully saturated rings. The van der Waals surface area contributed by atoms with Crippen molar-refractivity contribution in [2.75, 3.05) is 0 Å². The van der Waals surface area contributed by atoms with E-state index in [4.69, 9.17) is 39.9 Å². The summed E-state index contributed by atoms with van der Waals surface area (Å²) in [5, 5.41) is 8.91. The van der Waals surface area contributed by atoms with Crippen LogP contribution in [0.15, 0.2) is 479 Å². The molecule has 2 unspecified atom stereocenters. The van der Waals surface area contributed by atoms with Crippen molar-refractivity contribution in [3.05, 3.63) is 496 Å². The van der Waals surface area contributed by atoms with Gasteiger partial charge in [0, 0.05) is 98.8 Å². The summed E-state index contributed by atoms with van der Waals surface area (Å²) in [7, 11) is 0. The van der Waals surface area contributed by atoms with E-state index in [9.17, 15) is 0 Å². The highest BCUT2D eigenvalue weighted by Gasteiger charge is 2.34. The summed E-state index contributed by atoms with van der Waals surface area (Å²) in [6.07, 6.45) is 15.5. The van der Waals surface area contributed by atoms with Gasteiger partial charge in [0.05, 0.1) is 66.9 Å². The van der Waals surface area contributed by atoms with Gasteiger partial charge >= 0.3 is 0 Å². The molecular weight excluding hydrogens is 1750 g/mol. The van der Waals surface area contributed by atoms with Crippen molar-refractivity contribution >= 4 is 98.4 Å². The molecule has 25 aromatic rings. The number of para-hydroxylation sites is 4. The van der Waals surface area contributed by atoms with Crippen LogP contribution in [0, 0.1) is 5.92 Å². The number of benzene rings is 17. The Morgan fingerprint density at radius 2 is 0.625 bits per heavy atom. The quantitative estimate of drug-likeness (QED) is 0.0832. The van der Waals surface area contributed by atoms with E-state index < -0.39 is 5.41 Å². The Hall–Kier alpha value is -18.8. The highest BCUT2D eigenvalue weighted by molar-refractivity contribution is 6.25. The molecule has 0 bridgehead atoms. The van der Waals surface area contributed by atoms with E-state index in [1.807, 2.05) is 42.5 Å². The highest BCUT2D eigenvalue weighted by atomic mass is 15.2. The van der Waals surface area contributed by atoms with Crippen LogP contribution in [0.2, 0.25) is 0 Å². The largest absolute Gasteiger partial charge is 0.307 e. The van der Waals surface area contributed by atoms with Gasteiger partial charge in [-0.25, -0.2) is 19.9 Å². The molecule has 12 nitrogen and oxygen atoms in total. The number of allylic oxidation sites excluding steroid dienone is 8. The molecule has 8 heterocycles. The molecule has 0 N–H and O–H groups in total. The fourth-order valence-corrected chi connectivity index (χ4v) is 21.8. The topological polar surface area (TPSA) is 123 Å². The van der Waals surface area contributed by atoms with E-state index in [1.54, 1.807) is 0 Å². The first-order chi connectivity index (χ1) is 71.1. The van der Waals surface area contributed by atoms with Crippen molar-refractivity contribution in [3.8, 4) is 147 Å². The van der Waals surface area contributed by atoms with Gasteiger partial charge in [-0.1, -0.05) is 395 Å². The van der Waals surface area contributed by atoms with Crippen molar-refractivity contribution in [3.63, 3.8) is 0 Å². The van der Waals surface area contributed by atoms with Crippen molar-refractivity contribution in [2.45, 2.75) is 32.1 Å². The Morgan fingerprint density at radius 3 is 1.15 bits per heavy atom. The van der Waals surface area contributed by atoms with Crippen LogP contribution in [0.5, 0.6) is 0 Å². The molecule has 2 aliphatic carbocycles. The number of pyridine rings is 2. The summed E-state index contributed by atoms with van der Waals surface area (Å²) in [6.45, 7) is 4.56. The molecular formula is C132H90N12. The zero-order chi connectivity index (χ0) is 95.5. The molecule has 0 aliphatic heterocycles. The number of fused-ring (bicyclic) bond motifs is 14. The number of hydrogen-bond acceptors (Lipinski definition) is 8. The molecule has 0 amide bonds. The van der Waals surface area contributed by atoms with E-state index in [0.717, 1.165) is 217 Å². The molecule has 8 aromatic heterocycles. The lowest BCUT2D eigenvalue weighted by atomic mass is 9.80. The summed E-state index contributed by atoms with van der Waals surface area (Å²) < 4.78 is 9.48. The number of hydrogen-bond donors (Lipinski definition) is 0. The van der Waals surface area contributed by atoms with Gasteiger partial charge in [-0.15, -0.1) is 0 Å². The minimum atomic E-state index is -0.665. The van der Waals surface area contributed by atoms with Crippen LogP contribution in [0.25, 0.3) is 245 Å². The molecule has 678 valence electrons. The van der Waals surface area contributed by atoms with E-state index in [-0.39, 0.29) is 0 Å². The number of nitrogens with zero attached hydrogens (tertiary/aromatic N) is 12. The maximum absolute atomic E-state index is 5.72. The standard InChI is InChI=1S/C132H90N12/c1-84-31-26-42-95(77-84)101-79-100(80-102(81-101)99-46-29-48-104(83-99)142-118-56-23-19-49-106(118)110-67-69-112-108-51-20-24-57-119(108)143(124(112)122(110)142)130-137-126(92-38-14-6-15-39-92)135-127(138-130)94-65-63-89(64-66-94)115-54-30-53-114(133-115)88-34-10-4-11-35-88)86-59-61-87(62-60-86)105-71-72-116(134-121(105)91-36-12-5-13-37-91)90-73-75-132(2,76-74-90)129-136-128(93-40-16-7-17-41-93)139-131(140-129)144-120-58-25-21-52-109(120)113-70-68-111-107-50-18-22-55-117(107)141(123(111)125(113)144)103-47-28-45-98(82-103)97-44-27-43-96(78-97)85-32-8-3-9-33-85/h3-30,32-75,77-84H,31,76H2,1-2H3. The normalized spacial score (nSPS) is 14.2. The molecule has 0 radical (unpaired) electrons. The average Bonchev–Trinajstić information content (AvgIpc) is 1.54. The van der Waals surface area contributed by atoms with Gasteiger partial charge in [0.2, 0.25) is 11.9 Å². The first kappa shape index (κ1) is 84.5. The first-order valence-electron chi connectivity index (χ1n) is 49.3. The van der Waals surface area contributed by atoms with Crippen LogP contribution >= 0.6 is 0 Å². The average molecular weight is 1840 g/mol. The monoisotopic (exact) mass is 1840 g/mol. The van der Waals surface area contributed by atoms with Crippen LogP contribution in [0.3, 0.4) is 0 Å². The summed E-state index contributed by atoms with van der Waals surface area (Å²) in [5.41, 5.74) is 33.5. The molecule has 0 saturated carbocycles. The molecule has 12 heteroatoms. The third-order valence-electron chi connectivity index (χ3n) is 28.9. The smallest absolute Gasteiger partial charge is 0.238 e. The Balaban J connectivity index is 0.534. The second-order valence-corrected chi connectivity index (χ2v) is 38.0. The fraction of sp³-hybridized carbons (Fsp3) is 0.0455. The van der Waals surface area contributed by atoms with Crippen molar-refractivity contribution in [1.29, 1.82) is 0 Å². The van der Waals surface area contributed by atoms with Gasteiger partial charge in [0.1, 0.15) is 5.82 Å². The number of aromatic nitrogens is 12. The van der Waals surface area contributed by atoms with Crippen LogP contribution in [-0.2, 0) is 5.41 Å². The Bertz CT molecular complexity index is 9580. The van der Waals surface area contributed by atoms with Crippen LogP contribution in [0.1, 0.15) is 43.8 Å². The SMILES string of the molecule is CC1C=C(c2cc(-c3ccc(-c4ccc(C5=CCC(C)(c6nc(-c7ccccc7)nc(-n7c8ccccc8c8ccc9c%10ccccc%10n(-c%10cccc(-c%11cccc(-c%12ccccc%12)c%11)c%10)c9c87)n6)C=C5)nc4-c4ccccc4)cc3)cc(-c3cccc(-n4c5ccccc5c5ccc6c7ccccc7n(-c7nc(-c8ccccc8)nc(-c8ccc(-c9cccc(-c%10ccccc%10)n9)cc8)n7)c6c54)c3)c2)C=CC1. The lowest BCUT2D eigenvalue weighted by molar-refractivity contribution is 0.552. The second-order valence-electron chi connectivity index (χ2n) is 38.0. The van der Waals surface area contributed by atoms with E-state index in [0.29, 0.717) is 47.5 Å². The van der Waals surface area contributed by atoms with Crippen molar-refractivity contribution < 1.29 is 0 Å².